The van der Waals surface area contributed by atoms with E-state index in [2.05, 4.69) is 15.3 Å². The van der Waals surface area contributed by atoms with E-state index in [1.54, 1.807) is 30.6 Å². The van der Waals surface area contributed by atoms with Gasteiger partial charge >= 0.3 is 0 Å². The van der Waals surface area contributed by atoms with Crippen LogP contribution in [0, 0.1) is 11.3 Å². The van der Waals surface area contributed by atoms with Crippen molar-refractivity contribution in [1.82, 2.24) is 9.97 Å². The molecule has 8 heteroatoms. The van der Waals surface area contributed by atoms with Gasteiger partial charge in [-0.2, -0.15) is 5.26 Å². The largest absolute Gasteiger partial charge is 0.493 e. The molecule has 8 nitrogen and oxygen atoms in total. The molecule has 0 saturated carbocycles. The van der Waals surface area contributed by atoms with Gasteiger partial charge in [0.05, 0.1) is 21.3 Å². The number of nitrogens with one attached hydrogen (secondary N) is 2. The molecule has 0 aliphatic heterocycles. The molecule has 2 N–H and O–H groups in total. The Morgan fingerprint density at radius 2 is 1.93 bits per heavy atom. The van der Waals surface area contributed by atoms with Crippen LogP contribution >= 0.6 is 0 Å². The Bertz CT molecular complexity index is 1070. The zero-order valence-electron chi connectivity index (χ0n) is 15.6. The number of aromatic nitrogens is 2. The summed E-state index contributed by atoms with van der Waals surface area (Å²) < 4.78 is 15.8. The van der Waals surface area contributed by atoms with Crippen molar-refractivity contribution in [1.29, 1.82) is 5.26 Å². The Hall–Kier alpha value is -3.99. The number of nitrogens with zero attached hydrogens (tertiary/aromatic N) is 2. The molecule has 0 atom stereocenters. The van der Waals surface area contributed by atoms with Gasteiger partial charge in [-0.05, 0) is 18.2 Å². The fourth-order valence-electron chi connectivity index (χ4n) is 2.75. The Morgan fingerprint density at radius 1 is 1.21 bits per heavy atom. The summed E-state index contributed by atoms with van der Waals surface area (Å²) in [4.78, 5) is 19.8. The van der Waals surface area contributed by atoms with E-state index in [-0.39, 0.29) is 5.57 Å². The summed E-state index contributed by atoms with van der Waals surface area (Å²) in [7, 11) is 4.45. The maximum Gasteiger partial charge on any atom is 0.266 e. The summed E-state index contributed by atoms with van der Waals surface area (Å²) in [6.07, 6.45) is 4.87. The van der Waals surface area contributed by atoms with Crippen LogP contribution in [-0.4, -0.2) is 37.2 Å². The van der Waals surface area contributed by atoms with Crippen molar-refractivity contribution in [3.05, 3.63) is 47.8 Å². The van der Waals surface area contributed by atoms with E-state index in [9.17, 15) is 10.1 Å². The first-order valence-electron chi connectivity index (χ1n) is 8.26. The average molecular weight is 378 g/mol. The van der Waals surface area contributed by atoms with Gasteiger partial charge in [-0.3, -0.25) is 4.79 Å². The van der Waals surface area contributed by atoms with Gasteiger partial charge in [-0.15, -0.1) is 0 Å². The number of carbonyl (C=O) groups excluding carboxylic acids is 1. The van der Waals surface area contributed by atoms with E-state index >= 15 is 0 Å². The van der Waals surface area contributed by atoms with Crippen LogP contribution in [0.3, 0.4) is 0 Å². The minimum Gasteiger partial charge on any atom is -0.493 e. The molecule has 0 bridgehead atoms. The number of H-pyrrole nitrogens is 1. The molecule has 0 unspecified atom stereocenters. The Morgan fingerprint density at radius 3 is 2.54 bits per heavy atom. The van der Waals surface area contributed by atoms with E-state index in [1.807, 2.05) is 12.1 Å². The standard InChI is InChI=1S/C20H18N4O4/c1-26-16-8-14(9-17(27-2)18(16)28-3)24-20(25)12(10-21)7-13-11-23-19-15(13)5-4-6-22-19/h4-9,11H,1-3H3,(H,22,23)(H,24,25). The van der Waals surface area contributed by atoms with E-state index in [0.29, 0.717) is 34.1 Å². The minimum absolute atomic E-state index is 0.0569. The number of ether oxygens (including phenoxy) is 3. The van der Waals surface area contributed by atoms with Gasteiger partial charge in [-0.1, -0.05) is 0 Å². The molecule has 1 aromatic carbocycles. The summed E-state index contributed by atoms with van der Waals surface area (Å²) in [5.41, 5.74) is 1.72. The first-order valence-corrected chi connectivity index (χ1v) is 8.26. The maximum absolute atomic E-state index is 12.6. The SMILES string of the molecule is COc1cc(NC(=O)C(C#N)=Cc2c[nH]c3ncccc23)cc(OC)c1OC. The molecule has 3 rings (SSSR count). The molecule has 0 spiro atoms. The fourth-order valence-corrected chi connectivity index (χ4v) is 2.75. The first kappa shape index (κ1) is 18.8. The lowest BCUT2D eigenvalue weighted by molar-refractivity contribution is -0.112. The molecule has 0 saturated heterocycles. The number of fused-ring (bicyclic) bond motifs is 1. The molecule has 0 radical (unpaired) electrons. The van der Waals surface area contributed by atoms with Crippen molar-refractivity contribution in [3.63, 3.8) is 0 Å². The zero-order valence-corrected chi connectivity index (χ0v) is 15.6. The number of pyridine rings is 1. The van der Waals surface area contributed by atoms with Crippen molar-refractivity contribution < 1.29 is 19.0 Å². The van der Waals surface area contributed by atoms with Gasteiger partial charge in [-0.25, -0.2) is 4.98 Å². The Labute approximate surface area is 161 Å². The normalized spacial score (nSPS) is 11.0. The molecule has 0 fully saturated rings. The van der Waals surface area contributed by atoms with Gasteiger partial charge < -0.3 is 24.5 Å². The molecular weight excluding hydrogens is 360 g/mol. The van der Waals surface area contributed by atoms with E-state index in [1.165, 1.54) is 27.4 Å². The summed E-state index contributed by atoms with van der Waals surface area (Å²) in [5, 5.41) is 13.0. The van der Waals surface area contributed by atoms with E-state index in [0.717, 1.165) is 5.39 Å². The molecule has 0 aliphatic carbocycles. The van der Waals surface area contributed by atoms with Crippen LogP contribution in [0.5, 0.6) is 17.2 Å². The number of benzene rings is 1. The highest BCUT2D eigenvalue weighted by atomic mass is 16.5. The number of hydrogen-bond donors (Lipinski definition) is 2. The quantitative estimate of drug-likeness (QED) is 0.504. The van der Waals surface area contributed by atoms with Gasteiger partial charge in [0.15, 0.2) is 11.5 Å². The summed E-state index contributed by atoms with van der Waals surface area (Å²) >= 11 is 0. The molecule has 2 aromatic heterocycles. The van der Waals surface area contributed by atoms with Gasteiger partial charge in [0.2, 0.25) is 5.75 Å². The van der Waals surface area contributed by atoms with Crippen LogP contribution in [0.2, 0.25) is 0 Å². The topological polar surface area (TPSA) is 109 Å². The third-order valence-electron chi connectivity index (χ3n) is 4.07. The van der Waals surface area contributed by atoms with Crippen LogP contribution in [0.15, 0.2) is 42.2 Å². The lowest BCUT2D eigenvalue weighted by atomic mass is 10.1. The van der Waals surface area contributed by atoms with Gasteiger partial charge in [0.1, 0.15) is 17.3 Å². The van der Waals surface area contributed by atoms with Crippen LogP contribution < -0.4 is 19.5 Å². The number of methoxy groups -OCH3 is 3. The minimum atomic E-state index is -0.560. The predicted molar refractivity (Wildman–Crippen MR) is 104 cm³/mol. The smallest absolute Gasteiger partial charge is 0.266 e. The molecule has 2 heterocycles. The number of anilines is 1. The van der Waals surface area contributed by atoms with Gasteiger partial charge in [0, 0.05) is 41.2 Å². The predicted octanol–water partition coefficient (Wildman–Crippen LogP) is 3.13. The molecule has 0 aliphatic rings. The summed E-state index contributed by atoms with van der Waals surface area (Å²) in [6, 6.07) is 8.75. The van der Waals surface area contributed by atoms with Gasteiger partial charge in [0.25, 0.3) is 5.91 Å². The molecule has 1 amide bonds. The van der Waals surface area contributed by atoms with Crippen molar-refractivity contribution in [2.75, 3.05) is 26.6 Å². The molecule has 28 heavy (non-hydrogen) atoms. The number of nitriles is 1. The second-order valence-corrected chi connectivity index (χ2v) is 5.68. The molecular formula is C20H18N4O4. The highest BCUT2D eigenvalue weighted by molar-refractivity contribution is 6.10. The lowest BCUT2D eigenvalue weighted by Gasteiger charge is -2.14. The zero-order chi connectivity index (χ0) is 20.1. The third kappa shape index (κ3) is 3.59. The fraction of sp³-hybridized carbons (Fsp3) is 0.150. The Kier molecular flexibility index (Phi) is 5.46. The van der Waals surface area contributed by atoms with Crippen molar-refractivity contribution >= 4 is 28.7 Å². The van der Waals surface area contributed by atoms with Crippen LogP contribution in [-0.2, 0) is 4.79 Å². The van der Waals surface area contributed by atoms with E-state index in [4.69, 9.17) is 14.2 Å². The number of aromatic amines is 1. The highest BCUT2D eigenvalue weighted by Crippen LogP contribution is 2.40. The second kappa shape index (κ2) is 8.14. The van der Waals surface area contributed by atoms with Crippen LogP contribution in [0.4, 0.5) is 5.69 Å². The van der Waals surface area contributed by atoms with E-state index < -0.39 is 5.91 Å². The lowest BCUT2D eigenvalue weighted by Crippen LogP contribution is -2.13. The third-order valence-corrected chi connectivity index (χ3v) is 4.07. The van der Waals surface area contributed by atoms with Crippen molar-refractivity contribution in [2.24, 2.45) is 0 Å². The number of carbonyl (C=O) groups is 1. The van der Waals surface area contributed by atoms with Crippen LogP contribution in [0.25, 0.3) is 17.1 Å². The van der Waals surface area contributed by atoms with Crippen LogP contribution in [0.1, 0.15) is 5.56 Å². The second-order valence-electron chi connectivity index (χ2n) is 5.68. The average Bonchev–Trinajstić information content (AvgIpc) is 3.13. The van der Waals surface area contributed by atoms with Crippen molar-refractivity contribution in [3.8, 4) is 23.3 Å². The highest BCUT2D eigenvalue weighted by Gasteiger charge is 2.16. The number of hydrogen-bond acceptors (Lipinski definition) is 6. The number of rotatable bonds is 6. The Balaban J connectivity index is 1.92. The van der Waals surface area contributed by atoms with Crippen molar-refractivity contribution in [2.45, 2.75) is 0 Å². The maximum atomic E-state index is 12.6. The molecule has 142 valence electrons. The number of amides is 1. The molecule has 3 aromatic rings. The summed E-state index contributed by atoms with van der Waals surface area (Å²) in [6.45, 7) is 0. The monoisotopic (exact) mass is 378 g/mol. The summed E-state index contributed by atoms with van der Waals surface area (Å²) in [5.74, 6) is 0.630. The first-order chi connectivity index (χ1) is 13.6.